The van der Waals surface area contributed by atoms with Crippen LogP contribution in [0.15, 0.2) is 30.3 Å². The number of nitrogens with zero attached hydrogens (tertiary/aromatic N) is 1. The third kappa shape index (κ3) is 4.30. The van der Waals surface area contributed by atoms with Crippen LogP contribution >= 0.6 is 0 Å². The minimum absolute atomic E-state index is 0.00117. The smallest absolute Gasteiger partial charge is 0.222 e. The number of para-hydroxylation sites is 1. The number of benzene rings is 1. The SMILES string of the molecule is C[C@@]12CC[C@H]3O[C@H](COc4ccccc4)OC[C@@]3(C)C1CC[C@@H](O)C2CC(=O)N1CCCC1. The van der Waals surface area contributed by atoms with E-state index in [1.165, 1.54) is 0 Å². The van der Waals surface area contributed by atoms with Gasteiger partial charge < -0.3 is 24.2 Å². The number of carbonyl (C=O) groups is 1. The number of likely N-dealkylation sites (tertiary alicyclic amines) is 1. The third-order valence-electron chi connectivity index (χ3n) is 9.21. The molecule has 5 rings (SSSR count). The predicted molar refractivity (Wildman–Crippen MR) is 125 cm³/mol. The normalized spacial score (nSPS) is 40.7. The van der Waals surface area contributed by atoms with Crippen LogP contribution in [0.1, 0.15) is 58.8 Å². The van der Waals surface area contributed by atoms with Gasteiger partial charge in [-0.3, -0.25) is 4.79 Å². The molecule has 0 bridgehead atoms. The summed E-state index contributed by atoms with van der Waals surface area (Å²) in [6, 6.07) is 9.77. The van der Waals surface area contributed by atoms with Gasteiger partial charge in [-0.2, -0.15) is 0 Å². The van der Waals surface area contributed by atoms with Crippen molar-refractivity contribution in [2.75, 3.05) is 26.3 Å². The lowest BCUT2D eigenvalue weighted by atomic mass is 9.46. The van der Waals surface area contributed by atoms with Crippen molar-refractivity contribution in [3.05, 3.63) is 30.3 Å². The second-order valence-electron chi connectivity index (χ2n) is 11.1. The van der Waals surface area contributed by atoms with Gasteiger partial charge in [-0.1, -0.05) is 32.0 Å². The number of rotatable bonds is 5. The van der Waals surface area contributed by atoms with E-state index in [4.69, 9.17) is 14.2 Å². The van der Waals surface area contributed by atoms with E-state index in [9.17, 15) is 9.90 Å². The summed E-state index contributed by atoms with van der Waals surface area (Å²) in [6.07, 6.45) is 5.60. The first-order valence-electron chi connectivity index (χ1n) is 12.8. The molecule has 182 valence electrons. The zero-order valence-electron chi connectivity index (χ0n) is 20.1. The largest absolute Gasteiger partial charge is 0.488 e. The Morgan fingerprint density at radius 1 is 1.12 bits per heavy atom. The fourth-order valence-electron chi connectivity index (χ4n) is 7.34. The number of aliphatic hydroxyl groups is 1. The number of ether oxygens (including phenoxy) is 3. The van der Waals surface area contributed by atoms with E-state index in [-0.39, 0.29) is 35.0 Å². The van der Waals surface area contributed by atoms with Crippen LogP contribution in [0.2, 0.25) is 0 Å². The Morgan fingerprint density at radius 2 is 1.88 bits per heavy atom. The van der Waals surface area contributed by atoms with Crippen molar-refractivity contribution in [1.29, 1.82) is 0 Å². The highest BCUT2D eigenvalue weighted by molar-refractivity contribution is 5.76. The molecule has 2 unspecified atom stereocenters. The fraction of sp³-hybridized carbons (Fsp3) is 0.741. The fourth-order valence-corrected chi connectivity index (χ4v) is 7.34. The summed E-state index contributed by atoms with van der Waals surface area (Å²) < 4.78 is 18.5. The van der Waals surface area contributed by atoms with Crippen molar-refractivity contribution in [3.8, 4) is 5.75 Å². The number of amides is 1. The molecule has 1 aromatic rings. The number of fused-ring (bicyclic) bond motifs is 3. The lowest BCUT2D eigenvalue weighted by molar-refractivity contribution is -0.313. The molecule has 1 amide bonds. The number of carbonyl (C=O) groups excluding carboxylic acids is 1. The second-order valence-corrected chi connectivity index (χ2v) is 11.1. The molecule has 4 fully saturated rings. The highest BCUT2D eigenvalue weighted by Gasteiger charge is 2.61. The first kappa shape index (κ1) is 23.1. The molecule has 2 aliphatic carbocycles. The Hall–Kier alpha value is -1.63. The lowest BCUT2D eigenvalue weighted by Gasteiger charge is -2.63. The van der Waals surface area contributed by atoms with E-state index in [1.54, 1.807) is 0 Å². The molecular weight excluding hydrogens is 418 g/mol. The summed E-state index contributed by atoms with van der Waals surface area (Å²) >= 11 is 0. The van der Waals surface area contributed by atoms with Crippen LogP contribution in [-0.2, 0) is 14.3 Å². The second kappa shape index (κ2) is 9.20. The molecule has 33 heavy (non-hydrogen) atoms. The molecule has 0 spiro atoms. The molecule has 6 nitrogen and oxygen atoms in total. The summed E-state index contributed by atoms with van der Waals surface area (Å²) in [5.41, 5.74) is -0.205. The van der Waals surface area contributed by atoms with Crippen molar-refractivity contribution in [3.63, 3.8) is 0 Å². The number of aliphatic hydroxyl groups excluding tert-OH is 1. The number of hydrogen-bond acceptors (Lipinski definition) is 5. The van der Waals surface area contributed by atoms with E-state index in [0.29, 0.717) is 25.6 Å². The van der Waals surface area contributed by atoms with Gasteiger partial charge in [0.25, 0.3) is 0 Å². The predicted octanol–water partition coefficient (Wildman–Crippen LogP) is 4.01. The van der Waals surface area contributed by atoms with Gasteiger partial charge in [-0.25, -0.2) is 0 Å². The van der Waals surface area contributed by atoms with E-state index >= 15 is 0 Å². The molecule has 7 atom stereocenters. The maximum absolute atomic E-state index is 13.0. The van der Waals surface area contributed by atoms with Crippen LogP contribution in [0.25, 0.3) is 0 Å². The van der Waals surface area contributed by atoms with Gasteiger partial charge in [-0.15, -0.1) is 0 Å². The zero-order chi connectivity index (χ0) is 23.1. The topological polar surface area (TPSA) is 68.2 Å². The Bertz CT molecular complexity index is 827. The van der Waals surface area contributed by atoms with E-state index < -0.39 is 6.10 Å². The lowest BCUT2D eigenvalue weighted by Crippen LogP contribution is -2.63. The summed E-state index contributed by atoms with van der Waals surface area (Å²) in [7, 11) is 0. The van der Waals surface area contributed by atoms with Crippen LogP contribution < -0.4 is 4.74 Å². The van der Waals surface area contributed by atoms with Crippen molar-refractivity contribution in [2.24, 2.45) is 22.7 Å². The molecule has 0 aromatic heterocycles. The van der Waals surface area contributed by atoms with Crippen molar-refractivity contribution >= 4 is 5.91 Å². The molecular formula is C27H39NO5. The number of hydrogen-bond donors (Lipinski definition) is 1. The quantitative estimate of drug-likeness (QED) is 0.724. The average molecular weight is 458 g/mol. The maximum Gasteiger partial charge on any atom is 0.222 e. The van der Waals surface area contributed by atoms with Crippen LogP contribution in [-0.4, -0.2) is 60.7 Å². The Morgan fingerprint density at radius 3 is 2.64 bits per heavy atom. The highest BCUT2D eigenvalue weighted by Crippen LogP contribution is 2.62. The van der Waals surface area contributed by atoms with Crippen molar-refractivity contribution in [2.45, 2.75) is 77.3 Å². The molecule has 4 aliphatic rings. The molecule has 1 N–H and O–H groups in total. The molecule has 0 radical (unpaired) electrons. The van der Waals surface area contributed by atoms with Gasteiger partial charge in [0.15, 0.2) is 6.29 Å². The van der Waals surface area contributed by atoms with Gasteiger partial charge >= 0.3 is 0 Å². The van der Waals surface area contributed by atoms with Crippen molar-refractivity contribution < 1.29 is 24.1 Å². The minimum atomic E-state index is -0.407. The van der Waals surface area contributed by atoms with Crippen LogP contribution in [0, 0.1) is 22.7 Å². The highest BCUT2D eigenvalue weighted by atomic mass is 16.7. The third-order valence-corrected chi connectivity index (χ3v) is 9.21. The zero-order valence-corrected chi connectivity index (χ0v) is 20.1. The van der Waals surface area contributed by atoms with Crippen LogP contribution in [0.5, 0.6) is 5.75 Å². The van der Waals surface area contributed by atoms with Crippen LogP contribution in [0.4, 0.5) is 0 Å². The van der Waals surface area contributed by atoms with Crippen molar-refractivity contribution in [1.82, 2.24) is 4.90 Å². The Balaban J connectivity index is 1.27. The molecule has 1 aromatic carbocycles. The summed E-state index contributed by atoms with van der Waals surface area (Å²) in [4.78, 5) is 15.0. The maximum atomic E-state index is 13.0. The van der Waals surface area contributed by atoms with Crippen LogP contribution in [0.3, 0.4) is 0 Å². The Kier molecular flexibility index (Phi) is 6.45. The van der Waals surface area contributed by atoms with Gasteiger partial charge in [0.2, 0.25) is 5.91 Å². The monoisotopic (exact) mass is 457 g/mol. The average Bonchev–Trinajstić information content (AvgIpc) is 3.36. The van der Waals surface area contributed by atoms with E-state index in [1.807, 2.05) is 35.2 Å². The molecule has 2 heterocycles. The van der Waals surface area contributed by atoms with Gasteiger partial charge in [-0.05, 0) is 67.9 Å². The summed E-state index contributed by atoms with van der Waals surface area (Å²) in [5.74, 6) is 1.40. The molecule has 6 heteroatoms. The van der Waals surface area contributed by atoms with Gasteiger partial charge in [0, 0.05) is 24.9 Å². The molecule has 2 aliphatic heterocycles. The van der Waals surface area contributed by atoms with E-state index in [2.05, 4.69) is 13.8 Å². The standard InChI is InChI=1S/C27H39NO5/c1-26-13-12-23-27(2,18-32-25(33-23)17-31-19-8-4-3-5-9-19)22(26)11-10-21(29)20(26)16-24(30)28-14-6-7-15-28/h3-5,8-9,20-23,25,29H,6-7,10-18H2,1-2H3/t20?,21-,22?,23-,25-,26+,27+/m1/s1. The first-order chi connectivity index (χ1) is 15.9. The minimum Gasteiger partial charge on any atom is -0.488 e. The Labute approximate surface area is 197 Å². The summed E-state index contributed by atoms with van der Waals surface area (Å²) in [6.45, 7) is 7.36. The molecule has 2 saturated heterocycles. The summed E-state index contributed by atoms with van der Waals surface area (Å²) in [5, 5.41) is 11.0. The van der Waals surface area contributed by atoms with Gasteiger partial charge in [0.1, 0.15) is 12.4 Å². The van der Waals surface area contributed by atoms with E-state index in [0.717, 1.165) is 57.4 Å². The first-order valence-corrected chi connectivity index (χ1v) is 12.8. The molecule has 2 saturated carbocycles. The van der Waals surface area contributed by atoms with Gasteiger partial charge in [0.05, 0.1) is 18.8 Å².